The predicted molar refractivity (Wildman–Crippen MR) is 47.4 cm³/mol. The summed E-state index contributed by atoms with van der Waals surface area (Å²) in [4.78, 5) is 15.4. The number of ether oxygens (including phenoxy) is 1. The van der Waals surface area contributed by atoms with E-state index in [0.717, 1.165) is 5.71 Å². The van der Waals surface area contributed by atoms with E-state index in [1.807, 2.05) is 0 Å². The fraction of sp³-hybridized carbons (Fsp3) is 0.750. The third-order valence-electron chi connectivity index (χ3n) is 1.01. The lowest BCUT2D eigenvalue weighted by Crippen LogP contribution is -2.21. The molecular formula is C8H15NO4. The molecule has 1 unspecified atom stereocenters. The lowest BCUT2D eigenvalue weighted by atomic mass is 10.4. The first-order chi connectivity index (χ1) is 6.04. The van der Waals surface area contributed by atoms with Crippen LogP contribution in [0, 0.1) is 0 Å². The Labute approximate surface area is 77.3 Å². The maximum absolute atomic E-state index is 10.7. The van der Waals surface area contributed by atoms with Gasteiger partial charge in [0, 0.05) is 0 Å². The molecule has 5 nitrogen and oxygen atoms in total. The average Bonchev–Trinajstić information content (AvgIpc) is 2.02. The zero-order chi connectivity index (χ0) is 10.3. The standard InChI is InChI=1S/C8H15NO4/c1-6(2)9-13-5-4-12-8(11)7(3)10/h7,10H,4-5H2,1-3H3. The molecule has 5 heteroatoms. The molecule has 0 radical (unpaired) electrons. The first-order valence-corrected chi connectivity index (χ1v) is 4.02. The van der Waals surface area contributed by atoms with Gasteiger partial charge in [-0.05, 0) is 20.8 Å². The minimum atomic E-state index is -1.09. The van der Waals surface area contributed by atoms with E-state index in [1.165, 1.54) is 6.92 Å². The Hall–Kier alpha value is -1.10. The maximum Gasteiger partial charge on any atom is 0.334 e. The Bertz CT molecular complexity index is 185. The van der Waals surface area contributed by atoms with Gasteiger partial charge in [0.05, 0.1) is 5.71 Å². The monoisotopic (exact) mass is 189 g/mol. The van der Waals surface area contributed by atoms with Crippen molar-refractivity contribution in [3.8, 4) is 0 Å². The van der Waals surface area contributed by atoms with Gasteiger partial charge in [-0.15, -0.1) is 0 Å². The maximum atomic E-state index is 10.7. The van der Waals surface area contributed by atoms with E-state index in [-0.39, 0.29) is 13.2 Å². The van der Waals surface area contributed by atoms with E-state index in [9.17, 15) is 4.79 Å². The van der Waals surface area contributed by atoms with Crippen molar-refractivity contribution < 1.29 is 19.5 Å². The Balaban J connectivity index is 3.36. The second-order valence-corrected chi connectivity index (χ2v) is 2.72. The summed E-state index contributed by atoms with van der Waals surface area (Å²) in [5.74, 6) is -0.652. The minimum Gasteiger partial charge on any atom is -0.460 e. The summed E-state index contributed by atoms with van der Waals surface area (Å²) >= 11 is 0. The number of rotatable bonds is 5. The average molecular weight is 189 g/mol. The first kappa shape index (κ1) is 11.9. The normalized spacial score (nSPS) is 11.7. The molecule has 0 rings (SSSR count). The Morgan fingerprint density at radius 2 is 2.08 bits per heavy atom. The fourth-order valence-electron chi connectivity index (χ4n) is 0.475. The van der Waals surface area contributed by atoms with Crippen LogP contribution in [-0.4, -0.2) is 36.1 Å². The molecule has 0 spiro atoms. The van der Waals surface area contributed by atoms with Crippen molar-refractivity contribution >= 4 is 11.7 Å². The number of nitrogens with zero attached hydrogens (tertiary/aromatic N) is 1. The highest BCUT2D eigenvalue weighted by atomic mass is 16.6. The van der Waals surface area contributed by atoms with Crippen molar-refractivity contribution in [3.05, 3.63) is 0 Å². The zero-order valence-corrected chi connectivity index (χ0v) is 8.11. The largest absolute Gasteiger partial charge is 0.460 e. The van der Waals surface area contributed by atoms with Crippen LogP contribution in [0.1, 0.15) is 20.8 Å². The summed E-state index contributed by atoms with van der Waals surface area (Å²) in [7, 11) is 0. The molecule has 0 heterocycles. The zero-order valence-electron chi connectivity index (χ0n) is 8.11. The smallest absolute Gasteiger partial charge is 0.334 e. The third-order valence-corrected chi connectivity index (χ3v) is 1.01. The molecule has 1 N–H and O–H groups in total. The van der Waals surface area contributed by atoms with Crippen LogP contribution < -0.4 is 0 Å². The van der Waals surface area contributed by atoms with Gasteiger partial charge in [-0.3, -0.25) is 0 Å². The number of aliphatic hydroxyl groups excluding tert-OH is 1. The van der Waals surface area contributed by atoms with Crippen molar-refractivity contribution in [1.29, 1.82) is 0 Å². The van der Waals surface area contributed by atoms with E-state index in [2.05, 4.69) is 9.89 Å². The Morgan fingerprint density at radius 3 is 2.54 bits per heavy atom. The third kappa shape index (κ3) is 7.27. The van der Waals surface area contributed by atoms with Gasteiger partial charge in [0.15, 0.2) is 6.61 Å². The van der Waals surface area contributed by atoms with E-state index in [0.29, 0.717) is 0 Å². The minimum absolute atomic E-state index is 0.0977. The van der Waals surface area contributed by atoms with Gasteiger partial charge >= 0.3 is 5.97 Å². The van der Waals surface area contributed by atoms with Crippen LogP contribution in [0.3, 0.4) is 0 Å². The number of carbonyl (C=O) groups is 1. The molecule has 0 aromatic carbocycles. The van der Waals surface area contributed by atoms with E-state index >= 15 is 0 Å². The molecule has 0 aliphatic rings. The molecule has 76 valence electrons. The highest BCUT2D eigenvalue weighted by molar-refractivity contribution is 5.78. The molecule has 0 saturated heterocycles. The topological polar surface area (TPSA) is 68.1 Å². The van der Waals surface area contributed by atoms with Gasteiger partial charge in [-0.25, -0.2) is 4.79 Å². The number of carbonyl (C=O) groups excluding carboxylic acids is 1. The lowest BCUT2D eigenvalue weighted by molar-refractivity contribution is -0.154. The first-order valence-electron chi connectivity index (χ1n) is 4.02. The van der Waals surface area contributed by atoms with Crippen LogP contribution >= 0.6 is 0 Å². The van der Waals surface area contributed by atoms with Gasteiger partial charge in [-0.2, -0.15) is 0 Å². The molecular weight excluding hydrogens is 174 g/mol. The van der Waals surface area contributed by atoms with Gasteiger partial charge < -0.3 is 14.7 Å². The van der Waals surface area contributed by atoms with Gasteiger partial charge in [0.25, 0.3) is 0 Å². The summed E-state index contributed by atoms with van der Waals surface area (Å²) in [5.41, 5.74) is 0.793. The molecule has 1 atom stereocenters. The molecule has 0 fully saturated rings. The van der Waals surface area contributed by atoms with Crippen LogP contribution in [0.5, 0.6) is 0 Å². The molecule has 0 aliphatic carbocycles. The quantitative estimate of drug-likeness (QED) is 0.293. The van der Waals surface area contributed by atoms with Crippen molar-refractivity contribution in [1.82, 2.24) is 0 Å². The molecule has 0 bridgehead atoms. The number of hydrogen-bond donors (Lipinski definition) is 1. The van der Waals surface area contributed by atoms with Gasteiger partial charge in [0.2, 0.25) is 0 Å². The van der Waals surface area contributed by atoms with Crippen LogP contribution in [0.15, 0.2) is 5.16 Å². The summed E-state index contributed by atoms with van der Waals surface area (Å²) in [6.07, 6.45) is -1.09. The number of esters is 1. The van der Waals surface area contributed by atoms with E-state index in [1.54, 1.807) is 13.8 Å². The Kier molecular flexibility index (Phi) is 5.88. The van der Waals surface area contributed by atoms with E-state index < -0.39 is 12.1 Å². The molecule has 0 aliphatic heterocycles. The molecule has 0 amide bonds. The van der Waals surface area contributed by atoms with Crippen molar-refractivity contribution in [3.63, 3.8) is 0 Å². The summed E-state index contributed by atoms with van der Waals surface area (Å²) in [5, 5.41) is 12.4. The van der Waals surface area contributed by atoms with E-state index in [4.69, 9.17) is 9.94 Å². The predicted octanol–water partition coefficient (Wildman–Crippen LogP) is 0.323. The molecule has 0 aromatic rings. The SMILES string of the molecule is CC(C)=NOCCOC(=O)C(C)O. The molecule has 13 heavy (non-hydrogen) atoms. The lowest BCUT2D eigenvalue weighted by Gasteiger charge is -2.05. The van der Waals surface area contributed by atoms with Crippen molar-refractivity contribution in [2.75, 3.05) is 13.2 Å². The van der Waals surface area contributed by atoms with Crippen molar-refractivity contribution in [2.45, 2.75) is 26.9 Å². The Morgan fingerprint density at radius 1 is 1.46 bits per heavy atom. The van der Waals surface area contributed by atoms with Crippen LogP contribution in [0.4, 0.5) is 0 Å². The number of oxime groups is 1. The van der Waals surface area contributed by atoms with Gasteiger partial charge in [-0.1, -0.05) is 5.16 Å². The highest BCUT2D eigenvalue weighted by Gasteiger charge is 2.08. The fourth-order valence-corrected chi connectivity index (χ4v) is 0.475. The summed E-state index contributed by atoms with van der Waals surface area (Å²) in [6, 6.07) is 0. The second kappa shape index (κ2) is 6.42. The second-order valence-electron chi connectivity index (χ2n) is 2.72. The van der Waals surface area contributed by atoms with Crippen molar-refractivity contribution in [2.24, 2.45) is 5.16 Å². The van der Waals surface area contributed by atoms with Crippen LogP contribution in [0.25, 0.3) is 0 Å². The molecule has 0 aromatic heterocycles. The van der Waals surface area contributed by atoms with Crippen LogP contribution in [0.2, 0.25) is 0 Å². The number of hydrogen-bond acceptors (Lipinski definition) is 5. The van der Waals surface area contributed by atoms with Crippen LogP contribution in [-0.2, 0) is 14.4 Å². The highest BCUT2D eigenvalue weighted by Crippen LogP contribution is 1.87. The summed E-state index contributed by atoms with van der Waals surface area (Å²) in [6.45, 7) is 5.23. The molecule has 0 saturated carbocycles. The number of aliphatic hydroxyl groups is 1. The summed E-state index contributed by atoms with van der Waals surface area (Å²) < 4.78 is 4.60. The van der Waals surface area contributed by atoms with Gasteiger partial charge in [0.1, 0.15) is 12.7 Å².